The van der Waals surface area contributed by atoms with Crippen molar-refractivity contribution in [1.82, 2.24) is 0 Å². The van der Waals surface area contributed by atoms with Crippen LogP contribution < -0.4 is 0 Å². The Labute approximate surface area is 107 Å². The van der Waals surface area contributed by atoms with Crippen molar-refractivity contribution < 1.29 is 10.2 Å². The van der Waals surface area contributed by atoms with Gasteiger partial charge in [0.05, 0.1) is 6.10 Å². The third-order valence-corrected chi connectivity index (χ3v) is 4.21. The molecule has 0 fully saturated rings. The Morgan fingerprint density at radius 1 is 1.00 bits per heavy atom. The summed E-state index contributed by atoms with van der Waals surface area (Å²) in [5.41, 5.74) is -0.0797. The monoisotopic (exact) mass is 244 g/mol. The average molecular weight is 244 g/mol. The minimum absolute atomic E-state index is 0.0797. The molecule has 17 heavy (non-hydrogen) atoms. The number of aliphatic hydroxyl groups is 2. The van der Waals surface area contributed by atoms with Crippen LogP contribution in [0.4, 0.5) is 0 Å². The molecule has 0 aliphatic rings. The molecule has 0 aliphatic carbocycles. The molecule has 0 amide bonds. The topological polar surface area (TPSA) is 40.5 Å². The van der Waals surface area contributed by atoms with Gasteiger partial charge >= 0.3 is 0 Å². The molecule has 2 atom stereocenters. The molecule has 0 spiro atoms. The van der Waals surface area contributed by atoms with Gasteiger partial charge < -0.3 is 10.2 Å². The molecule has 2 unspecified atom stereocenters. The van der Waals surface area contributed by atoms with Crippen molar-refractivity contribution in [3.8, 4) is 0 Å². The van der Waals surface area contributed by atoms with Gasteiger partial charge in [-0.2, -0.15) is 0 Å². The first kappa shape index (κ1) is 16.9. The van der Waals surface area contributed by atoms with Gasteiger partial charge in [0.2, 0.25) is 0 Å². The highest BCUT2D eigenvalue weighted by Crippen LogP contribution is 2.37. The fraction of sp³-hybridized carbons (Fsp3) is 1.00. The Hall–Kier alpha value is -0.0800. The second-order valence-corrected chi connectivity index (χ2v) is 5.80. The largest absolute Gasteiger partial charge is 0.396 e. The molecule has 0 aliphatic heterocycles. The quantitative estimate of drug-likeness (QED) is 0.575. The van der Waals surface area contributed by atoms with E-state index in [1.165, 1.54) is 32.1 Å². The molecule has 0 rings (SSSR count). The van der Waals surface area contributed by atoms with Gasteiger partial charge in [-0.3, -0.25) is 0 Å². The molecule has 0 bridgehead atoms. The van der Waals surface area contributed by atoms with E-state index in [0.717, 1.165) is 6.42 Å². The van der Waals surface area contributed by atoms with Gasteiger partial charge in [0.25, 0.3) is 0 Å². The lowest BCUT2D eigenvalue weighted by Crippen LogP contribution is -2.37. The number of unbranched alkanes of at least 4 members (excludes halogenated alkanes) is 3. The lowest BCUT2D eigenvalue weighted by molar-refractivity contribution is -0.0136. The second-order valence-electron chi connectivity index (χ2n) is 5.80. The van der Waals surface area contributed by atoms with E-state index in [1.54, 1.807) is 0 Å². The van der Waals surface area contributed by atoms with Crippen molar-refractivity contribution in [1.29, 1.82) is 0 Å². The van der Waals surface area contributed by atoms with Crippen LogP contribution in [0.2, 0.25) is 0 Å². The third-order valence-electron chi connectivity index (χ3n) is 4.21. The standard InChI is InChI=1S/C15H32O2/c1-5-7-8-9-10-13(6-2)15(3,4)14(17)11-12-16/h13-14,16-17H,5-12H2,1-4H3. The van der Waals surface area contributed by atoms with E-state index in [-0.39, 0.29) is 18.1 Å². The molecule has 104 valence electrons. The summed E-state index contributed by atoms with van der Waals surface area (Å²) in [4.78, 5) is 0. The van der Waals surface area contributed by atoms with Gasteiger partial charge in [-0.05, 0) is 24.2 Å². The minimum Gasteiger partial charge on any atom is -0.396 e. The molecule has 0 aromatic rings. The van der Waals surface area contributed by atoms with Crippen molar-refractivity contribution in [2.24, 2.45) is 11.3 Å². The van der Waals surface area contributed by atoms with Gasteiger partial charge in [0.15, 0.2) is 0 Å². The van der Waals surface area contributed by atoms with Crippen molar-refractivity contribution in [2.75, 3.05) is 6.61 Å². The van der Waals surface area contributed by atoms with E-state index < -0.39 is 0 Å². The van der Waals surface area contributed by atoms with Crippen LogP contribution >= 0.6 is 0 Å². The number of aliphatic hydroxyl groups excluding tert-OH is 2. The van der Waals surface area contributed by atoms with E-state index >= 15 is 0 Å². The van der Waals surface area contributed by atoms with Gasteiger partial charge in [-0.1, -0.05) is 59.8 Å². The van der Waals surface area contributed by atoms with Crippen LogP contribution in [0.1, 0.15) is 72.6 Å². The maximum absolute atomic E-state index is 10.1. The summed E-state index contributed by atoms with van der Waals surface area (Å²) < 4.78 is 0. The van der Waals surface area contributed by atoms with Crippen molar-refractivity contribution >= 4 is 0 Å². The van der Waals surface area contributed by atoms with Crippen LogP contribution in [0.3, 0.4) is 0 Å². The SMILES string of the molecule is CCCCCCC(CC)C(C)(C)C(O)CCO. The maximum Gasteiger partial charge on any atom is 0.0615 e. The summed E-state index contributed by atoms with van der Waals surface area (Å²) in [5.74, 6) is 0.556. The molecule has 0 heterocycles. The van der Waals surface area contributed by atoms with Crippen molar-refractivity contribution in [2.45, 2.75) is 78.7 Å². The van der Waals surface area contributed by atoms with Gasteiger partial charge in [-0.15, -0.1) is 0 Å². The molecule has 0 radical (unpaired) electrons. The smallest absolute Gasteiger partial charge is 0.0615 e. The highest BCUT2D eigenvalue weighted by Gasteiger charge is 2.34. The summed E-state index contributed by atoms with van der Waals surface area (Å²) in [5, 5.41) is 19.1. The van der Waals surface area contributed by atoms with Crippen molar-refractivity contribution in [3.05, 3.63) is 0 Å². The summed E-state index contributed by atoms with van der Waals surface area (Å²) in [6.07, 6.45) is 7.58. The Bertz CT molecular complexity index is 178. The summed E-state index contributed by atoms with van der Waals surface area (Å²) in [6, 6.07) is 0. The molecule has 0 saturated carbocycles. The lowest BCUT2D eigenvalue weighted by Gasteiger charge is -2.38. The minimum atomic E-state index is -0.386. The zero-order valence-electron chi connectivity index (χ0n) is 12.2. The predicted octanol–water partition coefficient (Wildman–Crippen LogP) is 3.75. The Morgan fingerprint density at radius 2 is 1.65 bits per heavy atom. The van der Waals surface area contributed by atoms with Gasteiger partial charge in [-0.25, -0.2) is 0 Å². The number of hydrogen-bond acceptors (Lipinski definition) is 2. The summed E-state index contributed by atoms with van der Waals surface area (Å²) in [6.45, 7) is 8.80. The summed E-state index contributed by atoms with van der Waals surface area (Å²) in [7, 11) is 0. The molecule has 2 nitrogen and oxygen atoms in total. The van der Waals surface area contributed by atoms with Gasteiger partial charge in [0, 0.05) is 6.61 Å². The first-order valence-corrected chi connectivity index (χ1v) is 7.29. The van der Waals surface area contributed by atoms with Gasteiger partial charge in [0.1, 0.15) is 0 Å². The summed E-state index contributed by atoms with van der Waals surface area (Å²) >= 11 is 0. The van der Waals surface area contributed by atoms with Crippen LogP contribution in [0, 0.1) is 11.3 Å². The van der Waals surface area contributed by atoms with Crippen molar-refractivity contribution in [3.63, 3.8) is 0 Å². The normalized spacial score (nSPS) is 15.9. The molecule has 0 saturated heterocycles. The van der Waals surface area contributed by atoms with E-state index in [9.17, 15) is 5.11 Å². The zero-order valence-corrected chi connectivity index (χ0v) is 12.2. The van der Waals surface area contributed by atoms with Crippen LogP contribution in [0.5, 0.6) is 0 Å². The second kappa shape index (κ2) is 8.93. The third kappa shape index (κ3) is 5.87. The highest BCUT2D eigenvalue weighted by molar-refractivity contribution is 4.84. The molecular formula is C15H32O2. The Balaban J connectivity index is 4.20. The fourth-order valence-corrected chi connectivity index (χ4v) is 2.69. The molecule has 0 aromatic carbocycles. The molecule has 2 N–H and O–H groups in total. The van der Waals surface area contributed by atoms with Crippen LogP contribution in [-0.2, 0) is 0 Å². The molecule has 2 heteroatoms. The fourth-order valence-electron chi connectivity index (χ4n) is 2.69. The highest BCUT2D eigenvalue weighted by atomic mass is 16.3. The average Bonchev–Trinajstić information content (AvgIpc) is 2.29. The Morgan fingerprint density at radius 3 is 2.12 bits per heavy atom. The van der Waals surface area contributed by atoms with E-state index in [0.29, 0.717) is 12.3 Å². The van der Waals surface area contributed by atoms with E-state index in [1.807, 2.05) is 0 Å². The molecular weight excluding hydrogens is 212 g/mol. The first-order chi connectivity index (χ1) is 8.00. The number of rotatable bonds is 10. The zero-order chi connectivity index (χ0) is 13.3. The van der Waals surface area contributed by atoms with Crippen LogP contribution in [0.15, 0.2) is 0 Å². The van der Waals surface area contributed by atoms with Crippen LogP contribution in [0.25, 0.3) is 0 Å². The van der Waals surface area contributed by atoms with E-state index in [4.69, 9.17) is 5.11 Å². The lowest BCUT2D eigenvalue weighted by atomic mass is 9.70. The number of hydrogen-bond donors (Lipinski definition) is 2. The first-order valence-electron chi connectivity index (χ1n) is 7.29. The van der Waals surface area contributed by atoms with Crippen LogP contribution in [-0.4, -0.2) is 22.9 Å². The predicted molar refractivity (Wildman–Crippen MR) is 74.0 cm³/mol. The van der Waals surface area contributed by atoms with E-state index in [2.05, 4.69) is 27.7 Å². The molecule has 0 aromatic heterocycles. The Kier molecular flexibility index (Phi) is 8.89. The maximum atomic E-state index is 10.1.